The topological polar surface area (TPSA) is 54.9 Å². The first-order valence-electron chi connectivity index (χ1n) is 6.24. The van der Waals surface area contributed by atoms with Gasteiger partial charge in [-0.1, -0.05) is 76.6 Å². The van der Waals surface area contributed by atoms with Crippen LogP contribution in [0, 0.1) is 0 Å². The molecular formula is C13H13Cl2N3OS2. The molecular weight excluding hydrogens is 349 g/mol. The molecule has 0 aliphatic heterocycles. The van der Waals surface area contributed by atoms with E-state index in [0.29, 0.717) is 5.13 Å². The third-order valence-corrected chi connectivity index (χ3v) is 4.97. The standard InChI is InChI=1S/C13H13Cl2N3OS2/c14-10(15)11(19)16-12-17-18-13(21-12)20-8-4-7-9-5-2-1-3-6-9/h1-3,5-6,10H,4,7-8H2,(H,16,17,19). The minimum Gasteiger partial charge on any atom is -0.298 e. The highest BCUT2D eigenvalue weighted by molar-refractivity contribution is 8.01. The van der Waals surface area contributed by atoms with Crippen molar-refractivity contribution >= 4 is 57.3 Å². The molecule has 0 fully saturated rings. The molecule has 0 aliphatic rings. The largest absolute Gasteiger partial charge is 0.298 e. The third-order valence-electron chi connectivity index (χ3n) is 2.51. The summed E-state index contributed by atoms with van der Waals surface area (Å²) in [6, 6.07) is 10.4. The summed E-state index contributed by atoms with van der Waals surface area (Å²) in [4.78, 5) is 10.2. The molecule has 1 aromatic heterocycles. The van der Waals surface area contributed by atoms with Gasteiger partial charge >= 0.3 is 0 Å². The summed E-state index contributed by atoms with van der Waals surface area (Å²) in [6.45, 7) is 0. The molecule has 21 heavy (non-hydrogen) atoms. The molecule has 1 aromatic carbocycles. The lowest BCUT2D eigenvalue weighted by Gasteiger charge is -2.00. The molecule has 8 heteroatoms. The van der Waals surface area contributed by atoms with Crippen LogP contribution < -0.4 is 5.32 Å². The minimum atomic E-state index is -1.10. The quantitative estimate of drug-likeness (QED) is 0.350. The Bertz CT molecular complexity index is 578. The minimum absolute atomic E-state index is 0.414. The van der Waals surface area contributed by atoms with E-state index in [4.69, 9.17) is 23.2 Å². The number of nitrogens with zero attached hydrogens (tertiary/aromatic N) is 2. The molecule has 0 saturated carbocycles. The number of carbonyl (C=O) groups excluding carboxylic acids is 1. The number of aryl methyl sites for hydroxylation is 1. The van der Waals surface area contributed by atoms with Crippen molar-refractivity contribution in [2.45, 2.75) is 22.0 Å². The van der Waals surface area contributed by atoms with Crippen LogP contribution in [0.3, 0.4) is 0 Å². The van der Waals surface area contributed by atoms with Gasteiger partial charge in [-0.25, -0.2) is 0 Å². The normalized spacial score (nSPS) is 10.8. The fourth-order valence-corrected chi connectivity index (χ4v) is 3.43. The molecule has 0 atom stereocenters. The number of anilines is 1. The third kappa shape index (κ3) is 5.82. The first-order valence-corrected chi connectivity index (χ1v) is 8.92. The van der Waals surface area contributed by atoms with Crippen molar-refractivity contribution in [2.24, 2.45) is 0 Å². The molecule has 0 spiro atoms. The molecule has 2 aromatic rings. The number of amides is 1. The Balaban J connectivity index is 1.72. The van der Waals surface area contributed by atoms with Gasteiger partial charge in [0, 0.05) is 5.75 Å². The summed E-state index contributed by atoms with van der Waals surface area (Å²) in [5.74, 6) is 0.459. The predicted molar refractivity (Wildman–Crippen MR) is 89.5 cm³/mol. The van der Waals surface area contributed by atoms with E-state index in [9.17, 15) is 4.79 Å². The number of aromatic nitrogens is 2. The molecule has 1 heterocycles. The summed E-state index contributed by atoms with van der Waals surface area (Å²) in [6.07, 6.45) is 2.10. The van der Waals surface area contributed by atoms with Crippen LogP contribution >= 0.6 is 46.3 Å². The number of halogens is 2. The van der Waals surface area contributed by atoms with Crippen molar-refractivity contribution in [3.8, 4) is 0 Å². The second kappa shape index (κ2) is 8.58. The Morgan fingerprint density at radius 3 is 2.76 bits per heavy atom. The molecule has 0 aliphatic carbocycles. The predicted octanol–water partition coefficient (Wildman–Crippen LogP) is 4.01. The van der Waals surface area contributed by atoms with Crippen LogP contribution in [0.5, 0.6) is 0 Å². The van der Waals surface area contributed by atoms with Gasteiger partial charge in [0.05, 0.1) is 0 Å². The molecule has 1 N–H and O–H groups in total. The zero-order valence-corrected chi connectivity index (χ0v) is 14.1. The van der Waals surface area contributed by atoms with E-state index < -0.39 is 10.7 Å². The fourth-order valence-electron chi connectivity index (χ4n) is 1.56. The van der Waals surface area contributed by atoms with Gasteiger partial charge in [-0.05, 0) is 18.4 Å². The number of thioether (sulfide) groups is 1. The van der Waals surface area contributed by atoms with E-state index in [1.54, 1.807) is 11.8 Å². The molecule has 1 amide bonds. The van der Waals surface area contributed by atoms with Crippen LogP contribution in [0.25, 0.3) is 0 Å². The maximum atomic E-state index is 11.3. The highest BCUT2D eigenvalue weighted by Gasteiger charge is 2.14. The van der Waals surface area contributed by atoms with E-state index in [1.807, 2.05) is 18.2 Å². The van der Waals surface area contributed by atoms with Gasteiger partial charge in [0.2, 0.25) is 5.13 Å². The maximum Gasteiger partial charge on any atom is 0.259 e. The van der Waals surface area contributed by atoms with E-state index in [2.05, 4.69) is 27.6 Å². The Labute approximate surface area is 141 Å². The van der Waals surface area contributed by atoms with Gasteiger partial charge in [-0.15, -0.1) is 10.2 Å². The first-order chi connectivity index (χ1) is 10.1. The van der Waals surface area contributed by atoms with Crippen molar-refractivity contribution in [3.05, 3.63) is 35.9 Å². The van der Waals surface area contributed by atoms with Crippen molar-refractivity contribution in [1.82, 2.24) is 10.2 Å². The number of carbonyl (C=O) groups is 1. The average Bonchev–Trinajstić information content (AvgIpc) is 2.92. The lowest BCUT2D eigenvalue weighted by atomic mass is 10.1. The lowest BCUT2D eigenvalue weighted by molar-refractivity contribution is -0.114. The van der Waals surface area contributed by atoms with E-state index in [-0.39, 0.29) is 0 Å². The molecule has 4 nitrogen and oxygen atoms in total. The van der Waals surface area contributed by atoms with Gasteiger partial charge in [0.1, 0.15) is 0 Å². The van der Waals surface area contributed by atoms with Crippen LogP contribution in [0.2, 0.25) is 0 Å². The van der Waals surface area contributed by atoms with Crippen molar-refractivity contribution in [2.75, 3.05) is 11.1 Å². The zero-order valence-electron chi connectivity index (χ0n) is 11.0. The molecule has 112 valence electrons. The summed E-state index contributed by atoms with van der Waals surface area (Å²) in [7, 11) is 0. The second-order valence-corrected chi connectivity index (χ2v) is 7.52. The Hall–Kier alpha value is -0.820. The van der Waals surface area contributed by atoms with Gasteiger partial charge < -0.3 is 0 Å². The van der Waals surface area contributed by atoms with E-state index >= 15 is 0 Å². The van der Waals surface area contributed by atoms with Gasteiger partial charge in [0.15, 0.2) is 9.18 Å². The number of hydrogen-bond donors (Lipinski definition) is 1. The monoisotopic (exact) mass is 361 g/mol. The average molecular weight is 362 g/mol. The van der Waals surface area contributed by atoms with Crippen molar-refractivity contribution in [1.29, 1.82) is 0 Å². The Kier molecular flexibility index (Phi) is 6.76. The highest BCUT2D eigenvalue weighted by Crippen LogP contribution is 2.26. The van der Waals surface area contributed by atoms with E-state index in [1.165, 1.54) is 16.9 Å². The van der Waals surface area contributed by atoms with Gasteiger partial charge in [0.25, 0.3) is 5.91 Å². The summed E-state index contributed by atoms with van der Waals surface area (Å²) in [5.41, 5.74) is 1.33. The SMILES string of the molecule is O=C(Nc1nnc(SCCCc2ccccc2)s1)C(Cl)Cl. The highest BCUT2D eigenvalue weighted by atomic mass is 35.5. The molecule has 0 saturated heterocycles. The summed E-state index contributed by atoms with van der Waals surface area (Å²) >= 11 is 13.8. The number of rotatable bonds is 7. The van der Waals surface area contributed by atoms with Crippen LogP contribution in [-0.2, 0) is 11.2 Å². The lowest BCUT2D eigenvalue weighted by Crippen LogP contribution is -2.18. The number of hydrogen-bond acceptors (Lipinski definition) is 5. The van der Waals surface area contributed by atoms with Crippen LogP contribution in [0.4, 0.5) is 5.13 Å². The first kappa shape index (κ1) is 16.5. The maximum absolute atomic E-state index is 11.3. The smallest absolute Gasteiger partial charge is 0.259 e. The van der Waals surface area contributed by atoms with Gasteiger partial charge in [-0.3, -0.25) is 10.1 Å². The zero-order chi connectivity index (χ0) is 15.1. The molecule has 0 bridgehead atoms. The number of benzene rings is 1. The molecule has 0 radical (unpaired) electrons. The second-order valence-electron chi connectivity index (χ2n) is 4.10. The molecule has 0 unspecified atom stereocenters. The summed E-state index contributed by atoms with van der Waals surface area (Å²) < 4.78 is 0.819. The number of alkyl halides is 2. The van der Waals surface area contributed by atoms with Crippen LogP contribution in [-0.4, -0.2) is 26.7 Å². The van der Waals surface area contributed by atoms with E-state index in [0.717, 1.165) is 22.9 Å². The molecule has 2 rings (SSSR count). The van der Waals surface area contributed by atoms with Crippen molar-refractivity contribution in [3.63, 3.8) is 0 Å². The van der Waals surface area contributed by atoms with Gasteiger partial charge in [-0.2, -0.15) is 0 Å². The Morgan fingerprint density at radius 1 is 1.29 bits per heavy atom. The fraction of sp³-hybridized carbons (Fsp3) is 0.308. The Morgan fingerprint density at radius 2 is 2.05 bits per heavy atom. The van der Waals surface area contributed by atoms with Crippen molar-refractivity contribution < 1.29 is 4.79 Å². The van der Waals surface area contributed by atoms with Crippen LogP contribution in [0.15, 0.2) is 34.7 Å². The van der Waals surface area contributed by atoms with Crippen LogP contribution in [0.1, 0.15) is 12.0 Å². The number of nitrogens with one attached hydrogen (secondary N) is 1. The summed E-state index contributed by atoms with van der Waals surface area (Å²) in [5, 5.41) is 10.8.